The molecule has 0 fully saturated rings. The van der Waals surface area contributed by atoms with Gasteiger partial charge in [0.1, 0.15) is 18.2 Å². The molecule has 0 spiro atoms. The van der Waals surface area contributed by atoms with E-state index in [0.717, 1.165) is 48.6 Å². The SMILES string of the molecule is CCN(CC)c1ccc(/C=C2\Oc3c(cc4c(c3C)OCN(CC(C)C)C4)C2=O)cc1. The molecule has 0 amide bonds. The summed E-state index contributed by atoms with van der Waals surface area (Å²) in [4.78, 5) is 17.7. The molecule has 2 aromatic carbocycles. The standard InChI is InChI=1S/C26H32N2O3/c1-6-28(7-2)21-10-8-19(9-11-21)12-23-24(29)22-13-20-15-27(14-17(3)4)16-30-25(20)18(5)26(22)31-23/h8-13,17H,6-7,14-16H2,1-5H3/b23-12-. The predicted octanol–water partition coefficient (Wildman–Crippen LogP) is 5.27. The smallest absolute Gasteiger partial charge is 0.231 e. The van der Waals surface area contributed by atoms with Gasteiger partial charge in [0.2, 0.25) is 5.78 Å². The number of benzene rings is 2. The summed E-state index contributed by atoms with van der Waals surface area (Å²) in [5.41, 5.74) is 4.74. The van der Waals surface area contributed by atoms with Crippen LogP contribution in [0.2, 0.25) is 0 Å². The van der Waals surface area contributed by atoms with Gasteiger partial charge < -0.3 is 14.4 Å². The van der Waals surface area contributed by atoms with Crippen LogP contribution < -0.4 is 14.4 Å². The first kappa shape index (κ1) is 21.4. The first-order valence-corrected chi connectivity index (χ1v) is 11.2. The van der Waals surface area contributed by atoms with Crippen LogP contribution in [0.4, 0.5) is 5.69 Å². The molecular weight excluding hydrogens is 388 g/mol. The van der Waals surface area contributed by atoms with Crippen molar-refractivity contribution < 1.29 is 14.3 Å². The predicted molar refractivity (Wildman–Crippen MR) is 125 cm³/mol. The van der Waals surface area contributed by atoms with Gasteiger partial charge in [0, 0.05) is 43.0 Å². The van der Waals surface area contributed by atoms with E-state index in [9.17, 15) is 4.79 Å². The summed E-state index contributed by atoms with van der Waals surface area (Å²) in [5.74, 6) is 2.36. The van der Waals surface area contributed by atoms with Crippen LogP contribution in [-0.4, -0.2) is 37.0 Å². The summed E-state index contributed by atoms with van der Waals surface area (Å²) < 4.78 is 12.1. The second kappa shape index (κ2) is 8.75. The fourth-order valence-corrected chi connectivity index (χ4v) is 4.45. The molecule has 2 aliphatic heterocycles. The highest BCUT2D eigenvalue weighted by molar-refractivity contribution is 6.15. The third-order valence-electron chi connectivity index (χ3n) is 5.94. The average Bonchev–Trinajstić information content (AvgIpc) is 3.05. The number of hydrogen-bond donors (Lipinski definition) is 0. The third-order valence-corrected chi connectivity index (χ3v) is 5.94. The van der Waals surface area contributed by atoms with Gasteiger partial charge in [0.25, 0.3) is 0 Å². The lowest BCUT2D eigenvalue weighted by atomic mass is 9.99. The number of anilines is 1. The fraction of sp³-hybridized carbons (Fsp3) is 0.423. The minimum atomic E-state index is -0.0605. The van der Waals surface area contributed by atoms with Crippen LogP contribution in [0.3, 0.4) is 0 Å². The van der Waals surface area contributed by atoms with Gasteiger partial charge in [0.05, 0.1) is 5.56 Å². The fourth-order valence-electron chi connectivity index (χ4n) is 4.45. The summed E-state index contributed by atoms with van der Waals surface area (Å²) >= 11 is 0. The van der Waals surface area contributed by atoms with Crippen molar-refractivity contribution in [3.8, 4) is 11.5 Å². The Morgan fingerprint density at radius 1 is 1.13 bits per heavy atom. The molecule has 164 valence electrons. The average molecular weight is 421 g/mol. The maximum Gasteiger partial charge on any atom is 0.231 e. The van der Waals surface area contributed by atoms with E-state index >= 15 is 0 Å². The lowest BCUT2D eigenvalue weighted by Gasteiger charge is -2.31. The van der Waals surface area contributed by atoms with Gasteiger partial charge in [-0.1, -0.05) is 26.0 Å². The summed E-state index contributed by atoms with van der Waals surface area (Å²) in [6.45, 7) is 14.9. The second-order valence-electron chi connectivity index (χ2n) is 8.75. The molecule has 5 heteroatoms. The number of ether oxygens (including phenoxy) is 2. The molecule has 2 heterocycles. The van der Waals surface area contributed by atoms with Crippen LogP contribution in [0.15, 0.2) is 36.1 Å². The maximum absolute atomic E-state index is 13.1. The van der Waals surface area contributed by atoms with E-state index in [2.05, 4.69) is 49.6 Å². The topological polar surface area (TPSA) is 42.0 Å². The molecule has 0 bridgehead atoms. The van der Waals surface area contributed by atoms with E-state index in [1.54, 1.807) is 0 Å². The number of carbonyl (C=O) groups is 1. The molecule has 2 aliphatic rings. The van der Waals surface area contributed by atoms with Crippen LogP contribution in [0.1, 0.15) is 54.7 Å². The summed E-state index contributed by atoms with van der Waals surface area (Å²) in [7, 11) is 0. The highest BCUT2D eigenvalue weighted by Crippen LogP contribution is 2.43. The Hall–Kier alpha value is -2.79. The van der Waals surface area contributed by atoms with Crippen molar-refractivity contribution in [3.05, 3.63) is 58.3 Å². The monoisotopic (exact) mass is 420 g/mol. The molecule has 0 N–H and O–H groups in total. The van der Waals surface area contributed by atoms with Crippen LogP contribution >= 0.6 is 0 Å². The van der Waals surface area contributed by atoms with Crippen molar-refractivity contribution in [3.63, 3.8) is 0 Å². The molecule has 0 saturated heterocycles. The minimum Gasteiger partial charge on any atom is -0.477 e. The normalized spacial score (nSPS) is 16.8. The second-order valence-corrected chi connectivity index (χ2v) is 8.75. The molecule has 0 unspecified atom stereocenters. The van der Waals surface area contributed by atoms with Crippen LogP contribution in [-0.2, 0) is 6.54 Å². The van der Waals surface area contributed by atoms with Gasteiger partial charge in [-0.2, -0.15) is 0 Å². The molecule has 2 aromatic rings. The molecule has 0 aromatic heterocycles. The van der Waals surface area contributed by atoms with E-state index in [0.29, 0.717) is 29.7 Å². The lowest BCUT2D eigenvalue weighted by molar-refractivity contribution is 0.0835. The van der Waals surface area contributed by atoms with Crippen LogP contribution in [0.25, 0.3) is 6.08 Å². The lowest BCUT2D eigenvalue weighted by Crippen LogP contribution is -2.35. The molecule has 0 aliphatic carbocycles. The van der Waals surface area contributed by atoms with Gasteiger partial charge >= 0.3 is 0 Å². The minimum absolute atomic E-state index is 0.0605. The Morgan fingerprint density at radius 2 is 1.84 bits per heavy atom. The van der Waals surface area contributed by atoms with Crippen LogP contribution in [0, 0.1) is 12.8 Å². The Morgan fingerprint density at radius 3 is 2.48 bits per heavy atom. The zero-order valence-corrected chi connectivity index (χ0v) is 19.2. The van der Waals surface area contributed by atoms with E-state index in [-0.39, 0.29) is 5.78 Å². The van der Waals surface area contributed by atoms with Gasteiger partial charge in [-0.25, -0.2) is 0 Å². The Balaban J connectivity index is 1.59. The van der Waals surface area contributed by atoms with E-state index in [1.165, 1.54) is 5.69 Å². The summed E-state index contributed by atoms with van der Waals surface area (Å²) in [5, 5.41) is 0. The van der Waals surface area contributed by atoms with Gasteiger partial charge in [0.15, 0.2) is 5.76 Å². The van der Waals surface area contributed by atoms with Crippen LogP contribution in [0.5, 0.6) is 11.5 Å². The highest BCUT2D eigenvalue weighted by atomic mass is 16.5. The third kappa shape index (κ3) is 4.19. The zero-order chi connectivity index (χ0) is 22.1. The number of Topliss-reactive ketones (excluding diaryl/α,β-unsaturated/α-hetero) is 1. The van der Waals surface area contributed by atoms with Gasteiger partial charge in [-0.05, 0) is 56.5 Å². The number of ketones is 1. The number of carbonyl (C=O) groups excluding carboxylic acids is 1. The number of nitrogens with zero attached hydrogens (tertiary/aromatic N) is 2. The number of hydrogen-bond acceptors (Lipinski definition) is 5. The molecule has 31 heavy (non-hydrogen) atoms. The van der Waals surface area contributed by atoms with Crippen molar-refractivity contribution in [1.82, 2.24) is 4.90 Å². The molecule has 5 nitrogen and oxygen atoms in total. The largest absolute Gasteiger partial charge is 0.477 e. The molecule has 4 rings (SSSR count). The van der Waals surface area contributed by atoms with Gasteiger partial charge in [-0.3, -0.25) is 9.69 Å². The quantitative estimate of drug-likeness (QED) is 0.596. The Kier molecular flexibility index (Phi) is 6.05. The number of allylic oxidation sites excluding steroid dienone is 1. The molecule has 0 saturated carbocycles. The zero-order valence-electron chi connectivity index (χ0n) is 19.2. The maximum atomic E-state index is 13.1. The molecular formula is C26H32N2O3. The molecule has 0 atom stereocenters. The van der Waals surface area contributed by atoms with Crippen molar-refractivity contribution in [1.29, 1.82) is 0 Å². The molecule has 0 radical (unpaired) electrons. The van der Waals surface area contributed by atoms with Crippen molar-refractivity contribution >= 4 is 17.5 Å². The first-order chi connectivity index (χ1) is 14.9. The van der Waals surface area contributed by atoms with Crippen molar-refractivity contribution in [2.45, 2.75) is 41.2 Å². The van der Waals surface area contributed by atoms with E-state index in [4.69, 9.17) is 9.47 Å². The van der Waals surface area contributed by atoms with Gasteiger partial charge in [-0.15, -0.1) is 0 Å². The summed E-state index contributed by atoms with van der Waals surface area (Å²) in [6.07, 6.45) is 1.83. The Bertz CT molecular complexity index is 1000. The summed E-state index contributed by atoms with van der Waals surface area (Å²) in [6, 6.07) is 10.2. The van der Waals surface area contributed by atoms with E-state index < -0.39 is 0 Å². The van der Waals surface area contributed by atoms with Crippen molar-refractivity contribution in [2.24, 2.45) is 5.92 Å². The van der Waals surface area contributed by atoms with Crippen molar-refractivity contribution in [2.75, 3.05) is 31.3 Å². The number of fused-ring (bicyclic) bond motifs is 2. The first-order valence-electron chi connectivity index (χ1n) is 11.2. The number of rotatable bonds is 6. The highest BCUT2D eigenvalue weighted by Gasteiger charge is 2.33. The Labute approximate surface area is 185 Å². The van der Waals surface area contributed by atoms with E-state index in [1.807, 2.05) is 31.2 Å².